The summed E-state index contributed by atoms with van der Waals surface area (Å²) in [6.07, 6.45) is 3.73. The minimum atomic E-state index is 1.12. The normalized spacial score (nSPS) is 11.8. The molecule has 3 nitrogen and oxygen atoms in total. The Bertz CT molecular complexity index is 2810. The van der Waals surface area contributed by atoms with Crippen LogP contribution in [0.5, 0.6) is 0 Å². The Morgan fingerprint density at radius 1 is 0.333 bits per heavy atom. The highest BCUT2D eigenvalue weighted by molar-refractivity contribution is 6.29. The second-order valence-corrected chi connectivity index (χ2v) is 12.4. The Morgan fingerprint density at radius 2 is 0.896 bits per heavy atom. The van der Waals surface area contributed by atoms with Crippen LogP contribution in [0.4, 0.5) is 0 Å². The maximum atomic E-state index is 4.31. The van der Waals surface area contributed by atoms with Crippen LogP contribution in [0, 0.1) is 0 Å². The van der Waals surface area contributed by atoms with E-state index in [1.54, 1.807) is 0 Å². The minimum Gasteiger partial charge on any atom is -0.309 e. The predicted molar refractivity (Wildman–Crippen MR) is 201 cm³/mol. The van der Waals surface area contributed by atoms with Crippen molar-refractivity contribution in [3.05, 3.63) is 176 Å². The van der Waals surface area contributed by atoms with Gasteiger partial charge in [0.05, 0.1) is 22.1 Å². The maximum Gasteiger partial charge on any atom is 0.0547 e. The van der Waals surface area contributed by atoms with Crippen molar-refractivity contribution in [1.29, 1.82) is 0 Å². The number of nitrogens with zero attached hydrogens (tertiary/aromatic N) is 3. The Kier molecular flexibility index (Phi) is 5.87. The molecular weight excluding hydrogens is 583 g/mol. The fraction of sp³-hybridized carbons (Fsp3) is 0. The molecule has 7 aromatic carbocycles. The van der Waals surface area contributed by atoms with Crippen molar-refractivity contribution in [3.63, 3.8) is 0 Å². The summed E-state index contributed by atoms with van der Waals surface area (Å²) in [6, 6.07) is 59.3. The molecule has 224 valence electrons. The Hall–Kier alpha value is -6.45. The van der Waals surface area contributed by atoms with Crippen LogP contribution in [0.3, 0.4) is 0 Å². The Balaban J connectivity index is 1.22. The Labute approximate surface area is 277 Å². The molecule has 0 unspecified atom stereocenters. The fourth-order valence-electron chi connectivity index (χ4n) is 7.69. The number of hydrogen-bond donors (Lipinski definition) is 0. The SMILES string of the molecule is c1ccc(-c2cccc(-n3c4ccccc4c4c5ccc6c(c5ccc43)c3ccccc3n6-c3ccc(-c4cccnc4)cc3)c2)cc1. The molecule has 0 radical (unpaired) electrons. The van der Waals surface area contributed by atoms with Crippen LogP contribution in [-0.4, -0.2) is 14.1 Å². The van der Waals surface area contributed by atoms with Crippen molar-refractivity contribution in [2.45, 2.75) is 0 Å². The lowest BCUT2D eigenvalue weighted by Crippen LogP contribution is -1.94. The van der Waals surface area contributed by atoms with Gasteiger partial charge >= 0.3 is 0 Å². The highest BCUT2D eigenvalue weighted by Gasteiger charge is 2.19. The molecule has 0 spiro atoms. The quantitative estimate of drug-likeness (QED) is 0.194. The first-order valence-corrected chi connectivity index (χ1v) is 16.4. The minimum absolute atomic E-state index is 1.12. The summed E-state index contributed by atoms with van der Waals surface area (Å²) < 4.78 is 4.83. The van der Waals surface area contributed by atoms with E-state index in [9.17, 15) is 0 Å². The molecule has 3 aromatic heterocycles. The van der Waals surface area contributed by atoms with Crippen LogP contribution < -0.4 is 0 Å². The molecule has 10 aromatic rings. The molecule has 48 heavy (non-hydrogen) atoms. The number of hydrogen-bond acceptors (Lipinski definition) is 1. The van der Waals surface area contributed by atoms with Crippen molar-refractivity contribution >= 4 is 54.4 Å². The van der Waals surface area contributed by atoms with Crippen LogP contribution in [0.1, 0.15) is 0 Å². The third-order valence-corrected chi connectivity index (χ3v) is 9.80. The smallest absolute Gasteiger partial charge is 0.0547 e. The van der Waals surface area contributed by atoms with Crippen molar-refractivity contribution < 1.29 is 0 Å². The van der Waals surface area contributed by atoms with Crippen LogP contribution in [0.15, 0.2) is 176 Å². The molecule has 0 atom stereocenters. The van der Waals surface area contributed by atoms with E-state index in [1.165, 1.54) is 65.5 Å². The van der Waals surface area contributed by atoms with Gasteiger partial charge in [-0.25, -0.2) is 0 Å². The molecule has 0 aliphatic rings. The second kappa shape index (κ2) is 10.5. The highest BCUT2D eigenvalue weighted by Crippen LogP contribution is 2.42. The third kappa shape index (κ3) is 3.98. The van der Waals surface area contributed by atoms with Crippen molar-refractivity contribution in [1.82, 2.24) is 14.1 Å². The first-order chi connectivity index (χ1) is 23.8. The van der Waals surface area contributed by atoms with Gasteiger partial charge in [0, 0.05) is 45.3 Å². The van der Waals surface area contributed by atoms with Crippen molar-refractivity contribution in [2.24, 2.45) is 0 Å². The molecule has 3 heteroatoms. The van der Waals surface area contributed by atoms with Gasteiger partial charge in [-0.3, -0.25) is 4.98 Å². The molecule has 0 saturated carbocycles. The Morgan fingerprint density at radius 3 is 1.54 bits per heavy atom. The lowest BCUT2D eigenvalue weighted by atomic mass is 9.99. The maximum absolute atomic E-state index is 4.31. The molecule has 0 aliphatic carbocycles. The lowest BCUT2D eigenvalue weighted by molar-refractivity contribution is 1.18. The van der Waals surface area contributed by atoms with Crippen LogP contribution >= 0.6 is 0 Å². The average molecular weight is 612 g/mol. The van der Waals surface area contributed by atoms with Gasteiger partial charge in [0.1, 0.15) is 0 Å². The molecule has 0 amide bonds. The van der Waals surface area contributed by atoms with Gasteiger partial charge < -0.3 is 9.13 Å². The van der Waals surface area contributed by atoms with Gasteiger partial charge in [-0.05, 0) is 87.6 Å². The molecule has 0 fully saturated rings. The number of fused-ring (bicyclic) bond motifs is 9. The van der Waals surface area contributed by atoms with E-state index >= 15 is 0 Å². The summed E-state index contributed by atoms with van der Waals surface area (Å²) in [5, 5.41) is 7.62. The monoisotopic (exact) mass is 611 g/mol. The van der Waals surface area contributed by atoms with Crippen molar-refractivity contribution in [2.75, 3.05) is 0 Å². The van der Waals surface area contributed by atoms with E-state index in [4.69, 9.17) is 0 Å². The van der Waals surface area contributed by atoms with E-state index in [-0.39, 0.29) is 0 Å². The summed E-state index contributed by atoms with van der Waals surface area (Å²) in [5.74, 6) is 0. The van der Waals surface area contributed by atoms with Gasteiger partial charge in [0.2, 0.25) is 0 Å². The van der Waals surface area contributed by atoms with E-state index < -0.39 is 0 Å². The fourth-order valence-corrected chi connectivity index (χ4v) is 7.69. The number of para-hydroxylation sites is 2. The van der Waals surface area contributed by atoms with Gasteiger partial charge in [-0.1, -0.05) is 109 Å². The lowest BCUT2D eigenvalue weighted by Gasteiger charge is -2.11. The highest BCUT2D eigenvalue weighted by atomic mass is 15.0. The first kappa shape index (κ1) is 26.7. The zero-order valence-electron chi connectivity index (χ0n) is 26.1. The second-order valence-electron chi connectivity index (χ2n) is 12.4. The van der Waals surface area contributed by atoms with Gasteiger partial charge in [-0.15, -0.1) is 0 Å². The molecule has 3 heterocycles. The molecule has 0 N–H and O–H groups in total. The number of benzene rings is 7. The summed E-state index contributed by atoms with van der Waals surface area (Å²) in [6.45, 7) is 0. The van der Waals surface area contributed by atoms with Gasteiger partial charge in [0.25, 0.3) is 0 Å². The van der Waals surface area contributed by atoms with Gasteiger partial charge in [0.15, 0.2) is 0 Å². The van der Waals surface area contributed by atoms with E-state index in [1.807, 2.05) is 18.5 Å². The molecular formula is C45H29N3. The average Bonchev–Trinajstić information content (AvgIpc) is 3.69. The third-order valence-electron chi connectivity index (χ3n) is 9.80. The van der Waals surface area contributed by atoms with E-state index in [0.29, 0.717) is 0 Å². The topological polar surface area (TPSA) is 22.8 Å². The summed E-state index contributed by atoms with van der Waals surface area (Å²) >= 11 is 0. The van der Waals surface area contributed by atoms with Crippen LogP contribution in [0.2, 0.25) is 0 Å². The molecule has 0 bridgehead atoms. The molecule has 10 rings (SSSR count). The summed E-state index contributed by atoms with van der Waals surface area (Å²) in [4.78, 5) is 4.31. The standard InChI is InChI=1S/C45H29N3/c1-2-10-30(11-3-1)32-12-8-14-35(28-32)48-41-18-7-5-16-39(41)45-37-23-25-42-44(36(37)24-26-43(45)48)38-15-4-6-17-40(38)47(42)34-21-19-31(20-22-34)33-13-9-27-46-29-33/h1-29H. The largest absolute Gasteiger partial charge is 0.309 e. The van der Waals surface area contributed by atoms with E-state index in [2.05, 4.69) is 172 Å². The number of pyridine rings is 1. The van der Waals surface area contributed by atoms with Crippen LogP contribution in [-0.2, 0) is 0 Å². The number of aromatic nitrogens is 3. The van der Waals surface area contributed by atoms with E-state index in [0.717, 1.165) is 22.5 Å². The van der Waals surface area contributed by atoms with Crippen molar-refractivity contribution in [3.8, 4) is 33.6 Å². The molecule has 0 aliphatic heterocycles. The first-order valence-electron chi connectivity index (χ1n) is 16.4. The van der Waals surface area contributed by atoms with Gasteiger partial charge in [-0.2, -0.15) is 0 Å². The predicted octanol–water partition coefficient (Wildman–Crippen LogP) is 11.8. The summed E-state index contributed by atoms with van der Waals surface area (Å²) in [5.41, 5.74) is 11.8. The zero-order chi connectivity index (χ0) is 31.6. The number of rotatable bonds is 4. The zero-order valence-corrected chi connectivity index (χ0v) is 26.1. The molecule has 0 saturated heterocycles. The summed E-state index contributed by atoms with van der Waals surface area (Å²) in [7, 11) is 0. The van der Waals surface area contributed by atoms with Crippen LogP contribution in [0.25, 0.3) is 88.0 Å².